The molecule has 2 aliphatic rings. The molecule has 29 heavy (non-hydrogen) atoms. The van der Waals surface area contributed by atoms with Crippen LogP contribution >= 0.6 is 27.3 Å². The fourth-order valence-electron chi connectivity index (χ4n) is 3.23. The Bertz CT molecular complexity index is 876. The molecule has 1 aromatic heterocycles. The van der Waals surface area contributed by atoms with Crippen LogP contribution in [-0.4, -0.2) is 46.3 Å². The van der Waals surface area contributed by atoms with Gasteiger partial charge >= 0.3 is 5.97 Å². The monoisotopic (exact) mass is 479 g/mol. The molecular formula is C20H22BrN3O4S. The van der Waals surface area contributed by atoms with Crippen molar-refractivity contribution >= 4 is 44.9 Å². The molecular weight excluding hydrogens is 458 g/mol. The van der Waals surface area contributed by atoms with E-state index >= 15 is 0 Å². The van der Waals surface area contributed by atoms with E-state index in [1.165, 1.54) is 4.88 Å². The Morgan fingerprint density at radius 2 is 1.93 bits per heavy atom. The SMILES string of the molecule is NCc1cccs1.O=C(O)C1=NOC2(CCN(C(=O)c3ccc(Br)cc3)CC2)C1. The number of rotatable bonds is 3. The maximum absolute atomic E-state index is 12.4. The fourth-order valence-corrected chi connectivity index (χ4v) is 4.08. The number of amides is 1. The zero-order chi connectivity index (χ0) is 20.9. The molecule has 1 fully saturated rings. The first-order chi connectivity index (χ1) is 13.9. The molecule has 1 saturated heterocycles. The predicted octanol–water partition coefficient (Wildman–Crippen LogP) is 3.49. The van der Waals surface area contributed by atoms with Crippen LogP contribution in [0.5, 0.6) is 0 Å². The summed E-state index contributed by atoms with van der Waals surface area (Å²) in [5.41, 5.74) is 5.46. The lowest BCUT2D eigenvalue weighted by atomic mass is 9.86. The van der Waals surface area contributed by atoms with Crippen molar-refractivity contribution in [3.63, 3.8) is 0 Å². The van der Waals surface area contributed by atoms with Crippen molar-refractivity contribution in [2.75, 3.05) is 13.1 Å². The molecule has 1 spiro atoms. The van der Waals surface area contributed by atoms with Gasteiger partial charge in [-0.2, -0.15) is 0 Å². The summed E-state index contributed by atoms with van der Waals surface area (Å²) in [4.78, 5) is 31.8. The number of hydrogen-bond donors (Lipinski definition) is 2. The van der Waals surface area contributed by atoms with E-state index in [1.807, 2.05) is 29.6 Å². The van der Waals surface area contributed by atoms with Crippen LogP contribution in [-0.2, 0) is 16.2 Å². The third-order valence-corrected chi connectivity index (χ3v) is 6.35. The molecule has 3 heterocycles. The maximum atomic E-state index is 12.4. The summed E-state index contributed by atoms with van der Waals surface area (Å²) in [5.74, 6) is -1.05. The Hall–Kier alpha value is -2.23. The summed E-state index contributed by atoms with van der Waals surface area (Å²) in [7, 11) is 0. The molecule has 0 unspecified atom stereocenters. The Morgan fingerprint density at radius 1 is 1.24 bits per heavy atom. The molecule has 2 aliphatic heterocycles. The van der Waals surface area contributed by atoms with Gasteiger partial charge in [-0.3, -0.25) is 4.79 Å². The van der Waals surface area contributed by atoms with Crippen molar-refractivity contribution < 1.29 is 19.5 Å². The molecule has 9 heteroatoms. The number of hydrogen-bond acceptors (Lipinski definition) is 6. The second-order valence-corrected chi connectivity index (χ2v) is 8.82. The molecule has 1 aromatic carbocycles. The Labute approximate surface area is 181 Å². The standard InChI is InChI=1S/C15H15BrN2O4.C5H7NS/c16-11-3-1-10(2-4-11)13(19)18-7-5-15(6-8-18)9-12(14(20)21)17-22-15;6-4-5-2-1-3-7-5/h1-4H,5-9H2,(H,20,21);1-3H,4,6H2. The number of nitrogens with zero attached hydrogens (tertiary/aromatic N) is 2. The summed E-state index contributed by atoms with van der Waals surface area (Å²) in [5, 5.41) is 14.6. The minimum Gasteiger partial charge on any atom is -0.477 e. The Morgan fingerprint density at radius 3 is 2.41 bits per heavy atom. The molecule has 0 aliphatic carbocycles. The normalized spacial score (nSPS) is 17.2. The number of oxime groups is 1. The van der Waals surface area contributed by atoms with E-state index in [1.54, 1.807) is 28.4 Å². The van der Waals surface area contributed by atoms with Gasteiger partial charge in [0.2, 0.25) is 0 Å². The van der Waals surface area contributed by atoms with Crippen molar-refractivity contribution in [3.8, 4) is 0 Å². The highest BCUT2D eigenvalue weighted by molar-refractivity contribution is 9.10. The topological polar surface area (TPSA) is 105 Å². The highest BCUT2D eigenvalue weighted by atomic mass is 79.9. The van der Waals surface area contributed by atoms with E-state index in [0.717, 1.165) is 4.47 Å². The first kappa shape index (κ1) is 21.5. The zero-order valence-corrected chi connectivity index (χ0v) is 18.1. The minimum atomic E-state index is -1.04. The number of carboxylic acids is 1. The number of carboxylic acid groups (broad SMARTS) is 1. The summed E-state index contributed by atoms with van der Waals surface area (Å²) < 4.78 is 0.930. The van der Waals surface area contributed by atoms with Gasteiger partial charge in [0.05, 0.1) is 0 Å². The van der Waals surface area contributed by atoms with Crippen molar-refractivity contribution in [2.45, 2.75) is 31.4 Å². The number of benzene rings is 1. The van der Waals surface area contributed by atoms with Crippen LogP contribution in [0.4, 0.5) is 0 Å². The van der Waals surface area contributed by atoms with E-state index in [0.29, 0.717) is 44.5 Å². The number of aliphatic carboxylic acids is 1. The molecule has 7 nitrogen and oxygen atoms in total. The van der Waals surface area contributed by atoms with Crippen molar-refractivity contribution in [2.24, 2.45) is 10.9 Å². The summed E-state index contributed by atoms with van der Waals surface area (Å²) in [6.07, 6.45) is 1.49. The third kappa shape index (κ3) is 5.43. The van der Waals surface area contributed by atoms with Crippen LogP contribution in [0.15, 0.2) is 51.4 Å². The minimum absolute atomic E-state index is 0.0141. The molecule has 0 atom stereocenters. The number of nitrogens with two attached hydrogens (primary N) is 1. The Balaban J connectivity index is 0.000000290. The van der Waals surface area contributed by atoms with Gasteiger partial charge in [-0.1, -0.05) is 27.2 Å². The van der Waals surface area contributed by atoms with Gasteiger partial charge < -0.3 is 20.6 Å². The number of carbonyl (C=O) groups is 2. The van der Waals surface area contributed by atoms with Gasteiger partial charge in [0, 0.05) is 53.8 Å². The average Bonchev–Trinajstić information content (AvgIpc) is 3.40. The number of likely N-dealkylation sites (tertiary alicyclic amines) is 1. The maximum Gasteiger partial charge on any atom is 0.353 e. The van der Waals surface area contributed by atoms with Crippen LogP contribution in [0.3, 0.4) is 0 Å². The third-order valence-electron chi connectivity index (χ3n) is 4.92. The highest BCUT2D eigenvalue weighted by Crippen LogP contribution is 2.35. The lowest BCUT2D eigenvalue weighted by molar-refractivity contribution is -0.129. The molecule has 0 radical (unpaired) electrons. The van der Waals surface area contributed by atoms with Gasteiger partial charge in [0.25, 0.3) is 5.91 Å². The van der Waals surface area contributed by atoms with Crippen molar-refractivity contribution in [3.05, 3.63) is 56.7 Å². The molecule has 0 saturated carbocycles. The number of piperidine rings is 1. The number of halogens is 1. The highest BCUT2D eigenvalue weighted by Gasteiger charge is 2.44. The second kappa shape index (κ2) is 9.51. The molecule has 3 N–H and O–H groups in total. The fraction of sp³-hybridized carbons (Fsp3) is 0.350. The predicted molar refractivity (Wildman–Crippen MR) is 115 cm³/mol. The van der Waals surface area contributed by atoms with Crippen LogP contribution in [0.1, 0.15) is 34.5 Å². The van der Waals surface area contributed by atoms with Crippen LogP contribution < -0.4 is 5.73 Å². The quantitative estimate of drug-likeness (QED) is 0.700. The number of thiophene rings is 1. The zero-order valence-electron chi connectivity index (χ0n) is 15.7. The van der Waals surface area contributed by atoms with Gasteiger partial charge in [-0.25, -0.2) is 4.79 Å². The summed E-state index contributed by atoms with van der Waals surface area (Å²) in [6.45, 7) is 1.76. The average molecular weight is 480 g/mol. The Kier molecular flexibility index (Phi) is 7.05. The van der Waals surface area contributed by atoms with E-state index in [-0.39, 0.29) is 11.6 Å². The summed E-state index contributed by atoms with van der Waals surface area (Å²) in [6, 6.07) is 11.3. The van der Waals surface area contributed by atoms with Gasteiger partial charge in [-0.15, -0.1) is 11.3 Å². The molecule has 0 bridgehead atoms. The van der Waals surface area contributed by atoms with Crippen LogP contribution in [0.25, 0.3) is 0 Å². The second-order valence-electron chi connectivity index (χ2n) is 6.88. The van der Waals surface area contributed by atoms with E-state index in [4.69, 9.17) is 15.7 Å². The van der Waals surface area contributed by atoms with Crippen molar-refractivity contribution in [1.82, 2.24) is 4.90 Å². The van der Waals surface area contributed by atoms with Gasteiger partial charge in [0.1, 0.15) is 5.60 Å². The smallest absolute Gasteiger partial charge is 0.353 e. The lowest BCUT2D eigenvalue weighted by Gasteiger charge is -2.37. The largest absolute Gasteiger partial charge is 0.477 e. The molecule has 1 amide bonds. The molecule has 4 rings (SSSR count). The van der Waals surface area contributed by atoms with Crippen molar-refractivity contribution in [1.29, 1.82) is 0 Å². The summed E-state index contributed by atoms with van der Waals surface area (Å²) >= 11 is 5.04. The van der Waals surface area contributed by atoms with E-state index in [2.05, 4.69) is 21.1 Å². The van der Waals surface area contributed by atoms with E-state index in [9.17, 15) is 9.59 Å². The first-order valence-electron chi connectivity index (χ1n) is 9.18. The van der Waals surface area contributed by atoms with Crippen LogP contribution in [0, 0.1) is 0 Å². The van der Waals surface area contributed by atoms with Gasteiger partial charge in [-0.05, 0) is 35.7 Å². The molecule has 2 aromatic rings. The number of carbonyl (C=O) groups excluding carboxylic acids is 1. The molecule has 154 valence electrons. The van der Waals surface area contributed by atoms with Crippen LogP contribution in [0.2, 0.25) is 0 Å². The van der Waals surface area contributed by atoms with Gasteiger partial charge in [0.15, 0.2) is 5.71 Å². The van der Waals surface area contributed by atoms with E-state index < -0.39 is 11.6 Å². The lowest BCUT2D eigenvalue weighted by Crippen LogP contribution is -2.47. The first-order valence-corrected chi connectivity index (χ1v) is 10.9.